The highest BCUT2D eigenvalue weighted by atomic mass is 35.5. The first kappa shape index (κ1) is 19.6. The summed E-state index contributed by atoms with van der Waals surface area (Å²) in [5, 5.41) is 6.15. The minimum absolute atomic E-state index is 0.381. The zero-order valence-corrected chi connectivity index (χ0v) is 16.6. The Kier molecular flexibility index (Phi) is 6.99. The molecule has 1 N–H and O–H groups in total. The lowest BCUT2D eigenvalue weighted by Crippen LogP contribution is -2.05. The van der Waals surface area contributed by atoms with Gasteiger partial charge in [-0.15, -0.1) is 0 Å². The summed E-state index contributed by atoms with van der Waals surface area (Å²) >= 11 is 17.9. The fraction of sp³-hybridized carbons (Fsp3) is 0.0952. The molecule has 0 saturated heterocycles. The fourth-order valence-electron chi connectivity index (χ4n) is 2.31. The highest BCUT2D eigenvalue weighted by molar-refractivity contribution is 6.35. The van der Waals surface area contributed by atoms with Crippen molar-refractivity contribution in [1.82, 2.24) is 5.43 Å². The maximum absolute atomic E-state index is 6.15. The second kappa shape index (κ2) is 9.65. The molecule has 0 fully saturated rings. The zero-order chi connectivity index (χ0) is 19.1. The topological polar surface area (TPSA) is 33.6 Å². The molecule has 0 heterocycles. The van der Waals surface area contributed by atoms with Gasteiger partial charge < -0.3 is 10.2 Å². The van der Waals surface area contributed by atoms with Gasteiger partial charge in [0.2, 0.25) is 0 Å². The number of hydrazone groups is 1. The van der Waals surface area contributed by atoms with E-state index in [2.05, 4.69) is 10.5 Å². The summed E-state index contributed by atoms with van der Waals surface area (Å²) in [6.45, 7) is 1.02. The van der Waals surface area contributed by atoms with Gasteiger partial charge in [0.15, 0.2) is 0 Å². The van der Waals surface area contributed by atoms with Crippen LogP contribution in [0.15, 0.2) is 71.8 Å². The Balaban J connectivity index is 1.48. The fourth-order valence-corrected chi connectivity index (χ4v) is 2.90. The molecule has 3 aromatic carbocycles. The van der Waals surface area contributed by atoms with Crippen LogP contribution >= 0.6 is 34.8 Å². The molecule has 3 rings (SSSR count). The van der Waals surface area contributed by atoms with E-state index in [1.807, 2.05) is 54.6 Å². The van der Waals surface area contributed by atoms with E-state index in [9.17, 15) is 0 Å². The van der Waals surface area contributed by atoms with Gasteiger partial charge in [0, 0.05) is 20.6 Å². The monoisotopic (exact) mass is 418 g/mol. The van der Waals surface area contributed by atoms with Crippen molar-refractivity contribution in [2.75, 3.05) is 0 Å². The summed E-state index contributed by atoms with van der Waals surface area (Å²) in [5.74, 6) is 0.757. The molecule has 0 bridgehead atoms. The van der Waals surface area contributed by atoms with Crippen molar-refractivity contribution < 1.29 is 4.74 Å². The van der Waals surface area contributed by atoms with E-state index in [-0.39, 0.29) is 0 Å². The van der Waals surface area contributed by atoms with Crippen LogP contribution in [0.3, 0.4) is 0 Å². The summed E-state index contributed by atoms with van der Waals surface area (Å²) in [4.78, 5) is 0. The van der Waals surface area contributed by atoms with Crippen molar-refractivity contribution in [3.05, 3.63) is 98.5 Å². The van der Waals surface area contributed by atoms with Crippen molar-refractivity contribution in [1.29, 1.82) is 0 Å². The molecule has 0 amide bonds. The highest BCUT2D eigenvalue weighted by Crippen LogP contribution is 2.22. The lowest BCUT2D eigenvalue weighted by Gasteiger charge is -2.08. The van der Waals surface area contributed by atoms with Crippen molar-refractivity contribution in [3.8, 4) is 5.75 Å². The van der Waals surface area contributed by atoms with E-state index < -0.39 is 0 Å². The number of nitrogens with zero attached hydrogens (tertiary/aromatic N) is 1. The molecule has 0 radical (unpaired) electrons. The standard InChI is InChI=1S/C21H17Cl3N2O/c22-18-6-1-15(2-7-18)12-25-26-13-16-3-9-20(10-4-16)27-14-17-5-8-19(23)11-21(17)24/h1-11,13,25H,12,14H2/b26-13-. The third-order valence-electron chi connectivity index (χ3n) is 3.79. The minimum Gasteiger partial charge on any atom is -0.489 e. The number of ether oxygens (including phenoxy) is 1. The molecular formula is C21H17Cl3N2O. The smallest absolute Gasteiger partial charge is 0.119 e. The van der Waals surface area contributed by atoms with Crippen molar-refractivity contribution in [2.24, 2.45) is 5.10 Å². The summed E-state index contributed by atoms with van der Waals surface area (Å²) in [7, 11) is 0. The Morgan fingerprint density at radius 1 is 0.852 bits per heavy atom. The lowest BCUT2D eigenvalue weighted by molar-refractivity contribution is 0.306. The Hall–Kier alpha value is -2.20. The Labute approximate surface area is 173 Å². The van der Waals surface area contributed by atoms with Gasteiger partial charge >= 0.3 is 0 Å². The van der Waals surface area contributed by atoms with E-state index in [1.165, 1.54) is 0 Å². The molecule has 0 aliphatic carbocycles. The molecule has 138 valence electrons. The van der Waals surface area contributed by atoms with E-state index >= 15 is 0 Å². The summed E-state index contributed by atoms with van der Waals surface area (Å²) in [5.41, 5.74) is 5.98. The molecule has 0 aromatic heterocycles. The first-order chi connectivity index (χ1) is 13.1. The maximum Gasteiger partial charge on any atom is 0.119 e. The molecule has 0 saturated carbocycles. The van der Waals surface area contributed by atoms with Gasteiger partial charge in [-0.05, 0) is 59.7 Å². The van der Waals surface area contributed by atoms with Crippen molar-refractivity contribution in [2.45, 2.75) is 13.2 Å². The van der Waals surface area contributed by atoms with Crippen LogP contribution in [0, 0.1) is 0 Å². The van der Waals surface area contributed by atoms with Crippen LogP contribution in [0.4, 0.5) is 0 Å². The molecule has 6 heteroatoms. The SMILES string of the molecule is Clc1ccc(CN/N=C\c2ccc(OCc3ccc(Cl)cc3Cl)cc2)cc1. The van der Waals surface area contributed by atoms with Crippen LogP contribution in [0.5, 0.6) is 5.75 Å². The minimum atomic E-state index is 0.381. The van der Waals surface area contributed by atoms with Gasteiger partial charge in [0.05, 0.1) is 12.8 Å². The first-order valence-corrected chi connectivity index (χ1v) is 9.41. The largest absolute Gasteiger partial charge is 0.489 e. The maximum atomic E-state index is 6.15. The highest BCUT2D eigenvalue weighted by Gasteiger charge is 2.02. The van der Waals surface area contributed by atoms with Crippen LogP contribution in [-0.4, -0.2) is 6.21 Å². The average molecular weight is 420 g/mol. The summed E-state index contributed by atoms with van der Waals surface area (Å²) in [6, 6.07) is 20.7. The predicted molar refractivity (Wildman–Crippen MR) is 113 cm³/mol. The van der Waals surface area contributed by atoms with Gasteiger partial charge in [-0.1, -0.05) is 53.0 Å². The van der Waals surface area contributed by atoms with Crippen LogP contribution in [0.1, 0.15) is 16.7 Å². The third-order valence-corrected chi connectivity index (χ3v) is 4.63. The van der Waals surface area contributed by atoms with Gasteiger partial charge in [-0.25, -0.2) is 0 Å². The molecule has 0 aliphatic rings. The number of hydrogen-bond acceptors (Lipinski definition) is 3. The second-order valence-electron chi connectivity index (χ2n) is 5.81. The van der Waals surface area contributed by atoms with E-state index in [0.717, 1.165) is 27.5 Å². The van der Waals surface area contributed by atoms with E-state index in [0.29, 0.717) is 23.2 Å². The summed E-state index contributed by atoms with van der Waals surface area (Å²) < 4.78 is 5.76. The molecule has 0 spiro atoms. The number of halogens is 3. The average Bonchev–Trinajstić information content (AvgIpc) is 2.67. The van der Waals surface area contributed by atoms with Gasteiger partial charge in [0.1, 0.15) is 12.4 Å². The Bertz CT molecular complexity index is 910. The van der Waals surface area contributed by atoms with E-state index in [4.69, 9.17) is 39.5 Å². The molecule has 3 aromatic rings. The van der Waals surface area contributed by atoms with Crippen LogP contribution in [-0.2, 0) is 13.2 Å². The van der Waals surface area contributed by atoms with Crippen LogP contribution in [0.25, 0.3) is 0 Å². The van der Waals surface area contributed by atoms with Gasteiger partial charge in [-0.3, -0.25) is 0 Å². The molecule has 27 heavy (non-hydrogen) atoms. The molecule has 3 nitrogen and oxygen atoms in total. The number of rotatable bonds is 7. The van der Waals surface area contributed by atoms with Gasteiger partial charge in [-0.2, -0.15) is 5.10 Å². The molecule has 0 atom stereocenters. The van der Waals surface area contributed by atoms with Crippen molar-refractivity contribution >= 4 is 41.0 Å². The first-order valence-electron chi connectivity index (χ1n) is 8.27. The summed E-state index contributed by atoms with van der Waals surface area (Å²) in [6.07, 6.45) is 1.76. The lowest BCUT2D eigenvalue weighted by atomic mass is 10.2. The zero-order valence-electron chi connectivity index (χ0n) is 14.3. The van der Waals surface area contributed by atoms with Crippen molar-refractivity contribution in [3.63, 3.8) is 0 Å². The molecule has 0 unspecified atom stereocenters. The second-order valence-corrected chi connectivity index (χ2v) is 7.09. The molecule has 0 aliphatic heterocycles. The van der Waals surface area contributed by atoms with Gasteiger partial charge in [0.25, 0.3) is 0 Å². The van der Waals surface area contributed by atoms with Crippen LogP contribution < -0.4 is 10.2 Å². The predicted octanol–water partition coefficient (Wildman–Crippen LogP) is 6.35. The van der Waals surface area contributed by atoms with E-state index in [1.54, 1.807) is 18.3 Å². The number of benzene rings is 3. The Morgan fingerprint density at radius 2 is 1.56 bits per heavy atom. The Morgan fingerprint density at radius 3 is 2.26 bits per heavy atom. The number of hydrogen-bond donors (Lipinski definition) is 1. The third kappa shape index (κ3) is 6.17. The number of nitrogens with one attached hydrogen (secondary N) is 1. The normalized spacial score (nSPS) is 10.9. The molecular weight excluding hydrogens is 403 g/mol. The van der Waals surface area contributed by atoms with Crippen LogP contribution in [0.2, 0.25) is 15.1 Å². The quantitative estimate of drug-likeness (QED) is 0.357.